The van der Waals surface area contributed by atoms with Crippen molar-refractivity contribution in [1.82, 2.24) is 15.1 Å². The minimum absolute atomic E-state index is 0.302. The highest BCUT2D eigenvalue weighted by Gasteiger charge is 2.03. The molecule has 6 heteroatoms. The Morgan fingerprint density at radius 1 is 1.73 bits per heavy atom. The number of aryl methyl sites for hydroxylation is 1. The smallest absolute Gasteiger partial charge is 0.189 e. The molecule has 0 radical (unpaired) electrons. The summed E-state index contributed by atoms with van der Waals surface area (Å²) in [6.07, 6.45) is 1.96. The lowest BCUT2D eigenvalue weighted by molar-refractivity contribution is 0.717. The van der Waals surface area contributed by atoms with Crippen LogP contribution in [0.5, 0.6) is 0 Å². The first-order valence-electron chi connectivity index (χ1n) is 4.73. The molecule has 0 spiro atoms. The molecule has 84 valence electrons. The van der Waals surface area contributed by atoms with E-state index in [4.69, 9.17) is 5.73 Å². The van der Waals surface area contributed by atoms with Gasteiger partial charge in [0.05, 0.1) is 15.8 Å². The van der Waals surface area contributed by atoms with Crippen LogP contribution in [0, 0.1) is 3.57 Å². The van der Waals surface area contributed by atoms with Gasteiger partial charge in [-0.3, -0.25) is 4.68 Å². The Morgan fingerprint density at radius 3 is 2.87 bits per heavy atom. The van der Waals surface area contributed by atoms with Crippen molar-refractivity contribution in [2.24, 2.45) is 17.8 Å². The first-order chi connectivity index (χ1) is 6.99. The topological polar surface area (TPSA) is 68.2 Å². The molecule has 0 bridgehead atoms. The van der Waals surface area contributed by atoms with Crippen LogP contribution in [-0.4, -0.2) is 21.8 Å². The third kappa shape index (κ3) is 4.06. The molecular weight excluding hydrogens is 305 g/mol. The van der Waals surface area contributed by atoms with Crippen LogP contribution in [-0.2, 0) is 13.6 Å². The number of halogens is 1. The maximum Gasteiger partial charge on any atom is 0.189 e. The molecule has 1 heterocycles. The molecule has 0 aliphatic heterocycles. The fraction of sp³-hybridized carbons (Fsp3) is 0.556. The van der Waals surface area contributed by atoms with Crippen molar-refractivity contribution in [3.63, 3.8) is 0 Å². The first-order valence-corrected chi connectivity index (χ1v) is 5.81. The summed E-state index contributed by atoms with van der Waals surface area (Å²) in [5.41, 5.74) is 6.63. The normalized spacial score (nSPS) is 12.2. The maximum atomic E-state index is 5.68. The predicted octanol–water partition coefficient (Wildman–Crippen LogP) is 0.837. The van der Waals surface area contributed by atoms with Gasteiger partial charge in [0.2, 0.25) is 0 Å². The van der Waals surface area contributed by atoms with Gasteiger partial charge in [0.1, 0.15) is 0 Å². The van der Waals surface area contributed by atoms with Gasteiger partial charge in [-0.1, -0.05) is 0 Å². The summed E-state index contributed by atoms with van der Waals surface area (Å²) < 4.78 is 2.88. The van der Waals surface area contributed by atoms with Crippen LogP contribution in [0.25, 0.3) is 0 Å². The third-order valence-corrected chi connectivity index (χ3v) is 2.59. The van der Waals surface area contributed by atoms with Crippen LogP contribution < -0.4 is 11.1 Å². The van der Waals surface area contributed by atoms with Gasteiger partial charge in [-0.25, -0.2) is 4.99 Å². The van der Waals surface area contributed by atoms with Crippen LogP contribution in [0.15, 0.2) is 11.2 Å². The predicted molar refractivity (Wildman–Crippen MR) is 69.5 cm³/mol. The number of hydrogen-bond acceptors (Lipinski definition) is 2. The Hall–Kier alpha value is -0.790. The zero-order chi connectivity index (χ0) is 11.4. The number of guanidine groups is 1. The minimum Gasteiger partial charge on any atom is -0.370 e. The Kier molecular flexibility index (Phi) is 4.37. The van der Waals surface area contributed by atoms with E-state index >= 15 is 0 Å². The van der Waals surface area contributed by atoms with Gasteiger partial charge in [-0.15, -0.1) is 0 Å². The van der Waals surface area contributed by atoms with E-state index in [2.05, 4.69) is 38.0 Å². The van der Waals surface area contributed by atoms with Gasteiger partial charge in [0.15, 0.2) is 5.96 Å². The molecule has 0 aliphatic carbocycles. The molecule has 3 N–H and O–H groups in total. The quantitative estimate of drug-likeness (QED) is 0.492. The summed E-state index contributed by atoms with van der Waals surface area (Å²) in [7, 11) is 1.89. The number of hydrogen-bond donors (Lipinski definition) is 2. The number of nitrogens with one attached hydrogen (secondary N) is 1. The molecule has 0 aliphatic rings. The van der Waals surface area contributed by atoms with Gasteiger partial charge in [-0.2, -0.15) is 5.10 Å². The second kappa shape index (κ2) is 5.34. The molecule has 0 saturated heterocycles. The summed E-state index contributed by atoms with van der Waals surface area (Å²) in [6.45, 7) is 4.56. The van der Waals surface area contributed by atoms with Crippen LogP contribution in [0.2, 0.25) is 0 Å². The molecule has 1 aromatic heterocycles. The molecule has 0 amide bonds. The van der Waals surface area contributed by atoms with E-state index in [9.17, 15) is 0 Å². The summed E-state index contributed by atoms with van der Waals surface area (Å²) in [5, 5.41) is 7.31. The molecule has 15 heavy (non-hydrogen) atoms. The Morgan fingerprint density at radius 2 is 2.40 bits per heavy atom. The van der Waals surface area contributed by atoms with Gasteiger partial charge in [0, 0.05) is 19.3 Å². The van der Waals surface area contributed by atoms with Crippen molar-refractivity contribution < 1.29 is 0 Å². The van der Waals surface area contributed by atoms with E-state index in [1.54, 1.807) is 4.68 Å². The molecular formula is C9H16IN5. The lowest BCUT2D eigenvalue weighted by atomic mass is 10.4. The molecule has 0 atom stereocenters. The lowest BCUT2D eigenvalue weighted by Gasteiger charge is -2.07. The molecule has 0 saturated carbocycles. The SMILES string of the molecule is CC(C)NC(N)=NCc1nn(C)cc1I. The number of aliphatic imine (C=N–C) groups is 1. The highest BCUT2D eigenvalue weighted by atomic mass is 127. The van der Waals surface area contributed by atoms with E-state index < -0.39 is 0 Å². The van der Waals surface area contributed by atoms with Gasteiger partial charge < -0.3 is 11.1 Å². The highest BCUT2D eigenvalue weighted by Crippen LogP contribution is 2.09. The van der Waals surface area contributed by atoms with Crippen LogP contribution in [0.1, 0.15) is 19.5 Å². The molecule has 0 unspecified atom stereocenters. The number of nitrogens with zero attached hydrogens (tertiary/aromatic N) is 3. The van der Waals surface area contributed by atoms with E-state index in [1.807, 2.05) is 27.1 Å². The third-order valence-electron chi connectivity index (χ3n) is 1.69. The summed E-state index contributed by atoms with van der Waals surface area (Å²) in [5.74, 6) is 0.464. The molecule has 0 aromatic carbocycles. The average Bonchev–Trinajstić information content (AvgIpc) is 2.40. The van der Waals surface area contributed by atoms with Crippen molar-refractivity contribution in [1.29, 1.82) is 0 Å². The number of nitrogens with two attached hydrogens (primary N) is 1. The largest absolute Gasteiger partial charge is 0.370 e. The van der Waals surface area contributed by atoms with E-state index in [0.717, 1.165) is 9.26 Å². The van der Waals surface area contributed by atoms with Gasteiger partial charge in [0.25, 0.3) is 0 Å². The Labute approximate surface area is 103 Å². The Balaban J connectivity index is 2.59. The summed E-state index contributed by atoms with van der Waals surface area (Å²) in [4.78, 5) is 4.21. The average molecular weight is 321 g/mol. The second-order valence-electron chi connectivity index (χ2n) is 3.60. The van der Waals surface area contributed by atoms with E-state index in [1.165, 1.54) is 0 Å². The zero-order valence-electron chi connectivity index (χ0n) is 9.16. The van der Waals surface area contributed by atoms with Gasteiger partial charge in [-0.05, 0) is 36.4 Å². The van der Waals surface area contributed by atoms with Crippen molar-refractivity contribution in [2.45, 2.75) is 26.4 Å². The second-order valence-corrected chi connectivity index (χ2v) is 4.76. The van der Waals surface area contributed by atoms with E-state index in [0.29, 0.717) is 18.5 Å². The molecule has 1 rings (SSSR count). The number of aromatic nitrogens is 2. The van der Waals surface area contributed by atoms with Crippen molar-refractivity contribution >= 4 is 28.6 Å². The Bertz CT molecular complexity index is 355. The minimum atomic E-state index is 0.302. The maximum absolute atomic E-state index is 5.68. The lowest BCUT2D eigenvalue weighted by Crippen LogP contribution is -2.36. The van der Waals surface area contributed by atoms with Crippen molar-refractivity contribution in [2.75, 3.05) is 0 Å². The fourth-order valence-corrected chi connectivity index (χ4v) is 1.80. The monoisotopic (exact) mass is 321 g/mol. The fourth-order valence-electron chi connectivity index (χ4n) is 1.11. The van der Waals surface area contributed by atoms with Crippen LogP contribution in [0.4, 0.5) is 0 Å². The van der Waals surface area contributed by atoms with Gasteiger partial charge >= 0.3 is 0 Å². The summed E-state index contributed by atoms with van der Waals surface area (Å²) >= 11 is 2.24. The molecule has 5 nitrogen and oxygen atoms in total. The zero-order valence-corrected chi connectivity index (χ0v) is 11.3. The molecule has 0 fully saturated rings. The highest BCUT2D eigenvalue weighted by molar-refractivity contribution is 14.1. The van der Waals surface area contributed by atoms with Crippen molar-refractivity contribution in [3.05, 3.63) is 15.5 Å². The first kappa shape index (κ1) is 12.3. The van der Waals surface area contributed by atoms with Crippen LogP contribution in [0.3, 0.4) is 0 Å². The van der Waals surface area contributed by atoms with Crippen molar-refractivity contribution in [3.8, 4) is 0 Å². The number of rotatable bonds is 3. The molecule has 1 aromatic rings. The summed E-state index contributed by atoms with van der Waals surface area (Å²) in [6, 6.07) is 0.302. The van der Waals surface area contributed by atoms with E-state index in [-0.39, 0.29) is 0 Å². The van der Waals surface area contributed by atoms with Crippen LogP contribution >= 0.6 is 22.6 Å². The standard InChI is InChI=1S/C9H16IN5/c1-6(2)13-9(11)12-4-8-7(10)5-15(3)14-8/h5-6H,4H2,1-3H3,(H3,11,12,13).